The number of halogens is 1. The van der Waals surface area contributed by atoms with Gasteiger partial charge < -0.3 is 14.4 Å². The first-order valence-electron chi connectivity index (χ1n) is 6.72. The number of carboxylic acid groups (broad SMARTS) is 1. The number of benzene rings is 1. The Labute approximate surface area is 126 Å². The number of aromatic nitrogens is 3. The van der Waals surface area contributed by atoms with E-state index < -0.39 is 5.97 Å². The van der Waals surface area contributed by atoms with Gasteiger partial charge in [0.15, 0.2) is 5.82 Å². The number of fused-ring (bicyclic) bond motifs is 1. The lowest BCUT2D eigenvalue weighted by molar-refractivity contribution is 0.0696. The van der Waals surface area contributed by atoms with Crippen LogP contribution in [0.4, 0.5) is 0 Å². The van der Waals surface area contributed by atoms with Crippen LogP contribution in [-0.4, -0.2) is 25.8 Å². The van der Waals surface area contributed by atoms with Gasteiger partial charge in [0, 0.05) is 13.0 Å². The third kappa shape index (κ3) is 2.85. The van der Waals surface area contributed by atoms with Gasteiger partial charge in [-0.15, -0.1) is 10.2 Å². The molecule has 3 rings (SSSR count). The minimum atomic E-state index is -1.08. The second-order valence-electron chi connectivity index (χ2n) is 4.88. The summed E-state index contributed by atoms with van der Waals surface area (Å²) in [6.45, 7) is 1.16. The van der Waals surface area contributed by atoms with Crippen molar-refractivity contribution < 1.29 is 14.6 Å². The highest BCUT2D eigenvalue weighted by Gasteiger charge is 2.16. The van der Waals surface area contributed by atoms with Gasteiger partial charge in [0.05, 0.1) is 10.6 Å². The molecule has 7 heteroatoms. The Hall–Kier alpha value is -2.08. The van der Waals surface area contributed by atoms with Gasteiger partial charge in [-0.25, -0.2) is 4.79 Å². The topological polar surface area (TPSA) is 77.2 Å². The first-order chi connectivity index (χ1) is 10.1. The summed E-state index contributed by atoms with van der Waals surface area (Å²) >= 11 is 5.82. The summed E-state index contributed by atoms with van der Waals surface area (Å²) < 4.78 is 7.68. The molecule has 1 N–H and O–H groups in total. The highest BCUT2D eigenvalue weighted by molar-refractivity contribution is 6.33. The molecule has 110 valence electrons. The van der Waals surface area contributed by atoms with Crippen LogP contribution in [0, 0.1) is 0 Å². The Morgan fingerprint density at radius 2 is 2.24 bits per heavy atom. The van der Waals surface area contributed by atoms with Crippen molar-refractivity contribution in [3.63, 3.8) is 0 Å². The highest BCUT2D eigenvalue weighted by atomic mass is 35.5. The smallest absolute Gasteiger partial charge is 0.337 e. The van der Waals surface area contributed by atoms with E-state index in [9.17, 15) is 4.79 Å². The van der Waals surface area contributed by atoms with Crippen LogP contribution in [0.1, 0.15) is 34.8 Å². The molecule has 0 amide bonds. The molecule has 1 aliphatic rings. The lowest BCUT2D eigenvalue weighted by Gasteiger charge is -2.15. The molecule has 2 aromatic rings. The van der Waals surface area contributed by atoms with Crippen molar-refractivity contribution >= 4 is 17.6 Å². The first-order valence-corrected chi connectivity index (χ1v) is 7.09. The molecule has 0 bridgehead atoms. The third-order valence-corrected chi connectivity index (χ3v) is 3.80. The fourth-order valence-corrected chi connectivity index (χ4v) is 2.58. The van der Waals surface area contributed by atoms with Crippen molar-refractivity contribution in [2.45, 2.75) is 32.4 Å². The van der Waals surface area contributed by atoms with E-state index in [0.717, 1.165) is 37.5 Å². The van der Waals surface area contributed by atoms with E-state index in [2.05, 4.69) is 14.8 Å². The monoisotopic (exact) mass is 307 g/mol. The van der Waals surface area contributed by atoms with Crippen molar-refractivity contribution in [1.82, 2.24) is 14.8 Å². The number of hydrogen-bond donors (Lipinski definition) is 1. The fraction of sp³-hybridized carbons (Fsp3) is 0.357. The van der Waals surface area contributed by atoms with E-state index in [0.29, 0.717) is 5.75 Å². The minimum absolute atomic E-state index is 0.0254. The lowest BCUT2D eigenvalue weighted by atomic mass is 10.2. The lowest BCUT2D eigenvalue weighted by Crippen LogP contribution is -2.14. The summed E-state index contributed by atoms with van der Waals surface area (Å²) in [5.41, 5.74) is 0.0254. The Morgan fingerprint density at radius 3 is 3.05 bits per heavy atom. The summed E-state index contributed by atoms with van der Waals surface area (Å²) in [5.74, 6) is 1.12. The second-order valence-corrected chi connectivity index (χ2v) is 5.28. The first kappa shape index (κ1) is 13.9. The number of carboxylic acids is 1. The standard InChI is InChI=1S/C14H14ClN3O3/c15-11-5-4-9(7-10(11)14(19)20)21-8-13-17-16-12-3-1-2-6-18(12)13/h4-5,7H,1-3,6,8H2,(H,19,20). The summed E-state index contributed by atoms with van der Waals surface area (Å²) in [5, 5.41) is 17.5. The van der Waals surface area contributed by atoms with E-state index in [4.69, 9.17) is 21.4 Å². The molecule has 6 nitrogen and oxygen atoms in total. The molecule has 2 heterocycles. The number of aromatic carboxylic acids is 1. The zero-order valence-electron chi connectivity index (χ0n) is 11.3. The van der Waals surface area contributed by atoms with Crippen molar-refractivity contribution in [3.8, 4) is 5.75 Å². The Balaban J connectivity index is 1.75. The average molecular weight is 308 g/mol. The maximum Gasteiger partial charge on any atom is 0.337 e. The van der Waals surface area contributed by atoms with Crippen molar-refractivity contribution in [2.24, 2.45) is 0 Å². The van der Waals surface area contributed by atoms with Crippen molar-refractivity contribution in [2.75, 3.05) is 0 Å². The normalized spacial score (nSPS) is 13.8. The van der Waals surface area contributed by atoms with Gasteiger partial charge in [0.1, 0.15) is 18.2 Å². The predicted octanol–water partition coefficient (Wildman–Crippen LogP) is 2.55. The summed E-state index contributed by atoms with van der Waals surface area (Å²) in [4.78, 5) is 11.0. The Kier molecular flexibility index (Phi) is 3.79. The van der Waals surface area contributed by atoms with E-state index in [-0.39, 0.29) is 17.2 Å². The van der Waals surface area contributed by atoms with E-state index in [1.165, 1.54) is 12.1 Å². The quantitative estimate of drug-likeness (QED) is 0.939. The number of hydrogen-bond acceptors (Lipinski definition) is 4. The average Bonchev–Trinajstić information content (AvgIpc) is 2.89. The largest absolute Gasteiger partial charge is 0.486 e. The second kappa shape index (κ2) is 5.73. The maximum atomic E-state index is 11.0. The molecule has 0 saturated heterocycles. The number of nitrogens with zero attached hydrogens (tertiary/aromatic N) is 3. The summed E-state index contributed by atoms with van der Waals surface area (Å²) in [7, 11) is 0. The molecule has 0 aliphatic carbocycles. The Morgan fingerprint density at radius 1 is 1.38 bits per heavy atom. The summed E-state index contributed by atoms with van der Waals surface area (Å²) in [6, 6.07) is 4.57. The van der Waals surface area contributed by atoms with Crippen LogP contribution < -0.4 is 4.74 Å². The number of aryl methyl sites for hydroxylation is 1. The maximum absolute atomic E-state index is 11.0. The van der Waals surface area contributed by atoms with E-state index >= 15 is 0 Å². The van der Waals surface area contributed by atoms with Gasteiger partial charge in [-0.1, -0.05) is 11.6 Å². The SMILES string of the molecule is O=C(O)c1cc(OCc2nnc3n2CCCC3)ccc1Cl. The van der Waals surface area contributed by atoms with Crippen molar-refractivity contribution in [3.05, 3.63) is 40.4 Å². The zero-order valence-corrected chi connectivity index (χ0v) is 12.0. The van der Waals surface area contributed by atoms with Crippen LogP contribution >= 0.6 is 11.6 Å². The molecule has 0 radical (unpaired) electrons. The fourth-order valence-electron chi connectivity index (χ4n) is 2.38. The molecule has 1 aromatic heterocycles. The Bertz CT molecular complexity index is 684. The third-order valence-electron chi connectivity index (χ3n) is 3.47. The van der Waals surface area contributed by atoms with Crippen LogP contribution in [0.5, 0.6) is 5.75 Å². The molecule has 0 saturated carbocycles. The van der Waals surface area contributed by atoms with Gasteiger partial charge in [0.2, 0.25) is 0 Å². The number of rotatable bonds is 4. The highest BCUT2D eigenvalue weighted by Crippen LogP contribution is 2.23. The van der Waals surface area contributed by atoms with Crippen LogP contribution in [0.3, 0.4) is 0 Å². The van der Waals surface area contributed by atoms with Gasteiger partial charge in [0.25, 0.3) is 0 Å². The van der Waals surface area contributed by atoms with Gasteiger partial charge in [-0.3, -0.25) is 0 Å². The van der Waals surface area contributed by atoms with E-state index in [1.807, 2.05) is 0 Å². The van der Waals surface area contributed by atoms with Crippen molar-refractivity contribution in [1.29, 1.82) is 0 Å². The van der Waals surface area contributed by atoms with Crippen LogP contribution in [0.15, 0.2) is 18.2 Å². The predicted molar refractivity (Wildman–Crippen MR) is 75.7 cm³/mol. The number of carbonyl (C=O) groups is 1. The molecule has 1 aromatic carbocycles. The molecule has 0 fully saturated rings. The van der Waals surface area contributed by atoms with E-state index in [1.54, 1.807) is 6.07 Å². The zero-order chi connectivity index (χ0) is 14.8. The molecular weight excluding hydrogens is 294 g/mol. The van der Waals surface area contributed by atoms with Gasteiger partial charge >= 0.3 is 5.97 Å². The van der Waals surface area contributed by atoms with Gasteiger partial charge in [-0.05, 0) is 31.0 Å². The molecule has 0 spiro atoms. The molecule has 1 aliphatic heterocycles. The van der Waals surface area contributed by atoms with Crippen LogP contribution in [-0.2, 0) is 19.6 Å². The van der Waals surface area contributed by atoms with Gasteiger partial charge in [-0.2, -0.15) is 0 Å². The van der Waals surface area contributed by atoms with Crippen LogP contribution in [0.25, 0.3) is 0 Å². The molecule has 0 unspecified atom stereocenters. The van der Waals surface area contributed by atoms with Crippen LogP contribution in [0.2, 0.25) is 5.02 Å². The minimum Gasteiger partial charge on any atom is -0.486 e. The molecule has 21 heavy (non-hydrogen) atoms. The molecule has 0 atom stereocenters. The molecular formula is C14H14ClN3O3. The number of ether oxygens (including phenoxy) is 1. The summed E-state index contributed by atoms with van der Waals surface area (Å²) in [6.07, 6.45) is 3.19.